The highest BCUT2D eigenvalue weighted by molar-refractivity contribution is 7.00. The second-order valence-electron chi connectivity index (χ2n) is 22.5. The van der Waals surface area contributed by atoms with Crippen molar-refractivity contribution in [1.29, 1.82) is 0 Å². The SMILES string of the molecule is Cc1cc2c3c(c1)N(c1c(C)cc(C(C)(C)C)cc1C)c1cc4c(cc1B3c1cc3c(cc1N2c1ccc2c(c1)C(C)(C)CCC2(C)C)C(C)(C)CCC3(C)C)OCO4. The van der Waals surface area contributed by atoms with Crippen LogP contribution in [-0.2, 0) is 27.1 Å². The molecule has 5 aromatic carbocycles. The third-order valence-corrected chi connectivity index (χ3v) is 15.4. The molecule has 0 radical (unpaired) electrons. The number of hydrogen-bond acceptors (Lipinski definition) is 4. The van der Waals surface area contributed by atoms with Gasteiger partial charge in [0.05, 0.1) is 5.69 Å². The highest BCUT2D eigenvalue weighted by Crippen LogP contribution is 2.54. The first-order valence-electron chi connectivity index (χ1n) is 22.2. The van der Waals surface area contributed by atoms with Crippen molar-refractivity contribution in [3.63, 3.8) is 0 Å². The molecule has 0 spiro atoms. The Labute approximate surface area is 354 Å². The molecule has 304 valence electrons. The van der Waals surface area contributed by atoms with Gasteiger partial charge in [0.15, 0.2) is 11.5 Å². The van der Waals surface area contributed by atoms with Gasteiger partial charge in [-0.3, -0.25) is 0 Å². The van der Waals surface area contributed by atoms with E-state index in [1.165, 1.54) is 121 Å². The van der Waals surface area contributed by atoms with E-state index in [1.807, 2.05) is 0 Å². The highest BCUT2D eigenvalue weighted by Gasteiger charge is 2.48. The maximum absolute atomic E-state index is 6.22. The molecule has 0 saturated carbocycles. The molecule has 59 heavy (non-hydrogen) atoms. The molecule has 0 saturated heterocycles. The lowest BCUT2D eigenvalue weighted by Gasteiger charge is -2.48. The number of aryl methyl sites for hydroxylation is 3. The predicted octanol–water partition coefficient (Wildman–Crippen LogP) is 12.4. The minimum atomic E-state index is 0.00111. The molecular formula is C54H63BN2O2. The summed E-state index contributed by atoms with van der Waals surface area (Å²) in [6, 6.07) is 27.0. The highest BCUT2D eigenvalue weighted by atomic mass is 16.7. The summed E-state index contributed by atoms with van der Waals surface area (Å²) in [7, 11) is 0. The molecule has 5 aliphatic rings. The van der Waals surface area contributed by atoms with Gasteiger partial charge >= 0.3 is 0 Å². The van der Waals surface area contributed by atoms with Gasteiger partial charge in [0.1, 0.15) is 0 Å². The standard InChI is InChI=1S/C54H63BN2O2/c1-31-21-44-48-45(22-31)57(49-32(2)23-34(24-33(49)3)50(4,5)6)43-29-47-46(58-30-59-47)28-41(43)55(48)40-26-38-39(54(13,14)20-19-53(38,11)12)27-42(40)56(44)35-15-16-36-37(25-35)52(9,10)18-17-51(36,7)8/h15-16,21-29H,17-20,30H2,1-14H3. The summed E-state index contributed by atoms with van der Waals surface area (Å²) in [4.78, 5) is 5.23. The summed E-state index contributed by atoms with van der Waals surface area (Å²) in [5, 5.41) is 0. The van der Waals surface area contributed by atoms with Crippen molar-refractivity contribution in [2.75, 3.05) is 16.6 Å². The molecular weight excluding hydrogens is 719 g/mol. The number of rotatable bonds is 2. The lowest BCUT2D eigenvalue weighted by Crippen LogP contribution is -2.62. The van der Waals surface area contributed by atoms with E-state index in [2.05, 4.69) is 173 Å². The fourth-order valence-corrected chi connectivity index (χ4v) is 11.6. The van der Waals surface area contributed by atoms with Gasteiger partial charge in [-0.1, -0.05) is 100 Å². The zero-order valence-corrected chi connectivity index (χ0v) is 38.2. The van der Waals surface area contributed by atoms with Gasteiger partial charge in [0, 0.05) is 34.5 Å². The van der Waals surface area contributed by atoms with Crippen LogP contribution in [0.3, 0.4) is 0 Å². The number of benzene rings is 5. The molecule has 0 amide bonds. The monoisotopic (exact) mass is 782 g/mol. The van der Waals surface area contributed by atoms with Crippen molar-refractivity contribution in [2.24, 2.45) is 0 Å². The van der Waals surface area contributed by atoms with Gasteiger partial charge < -0.3 is 19.3 Å². The quantitative estimate of drug-likeness (QED) is 0.163. The van der Waals surface area contributed by atoms with Crippen molar-refractivity contribution in [3.05, 3.63) is 111 Å². The fraction of sp³-hybridized carbons (Fsp3) is 0.444. The number of fused-ring (bicyclic) bond motifs is 7. The number of hydrogen-bond donors (Lipinski definition) is 0. The minimum Gasteiger partial charge on any atom is -0.454 e. The average molecular weight is 783 g/mol. The van der Waals surface area contributed by atoms with Gasteiger partial charge in [0.2, 0.25) is 6.79 Å². The van der Waals surface area contributed by atoms with Crippen LogP contribution in [0.25, 0.3) is 0 Å². The maximum atomic E-state index is 6.22. The van der Waals surface area contributed by atoms with Crippen molar-refractivity contribution in [3.8, 4) is 11.5 Å². The van der Waals surface area contributed by atoms with Crippen LogP contribution in [-0.4, -0.2) is 13.5 Å². The zero-order valence-electron chi connectivity index (χ0n) is 38.2. The summed E-state index contributed by atoms with van der Waals surface area (Å²) in [6.45, 7) is 33.7. The van der Waals surface area contributed by atoms with E-state index in [0.717, 1.165) is 11.5 Å². The lowest BCUT2D eigenvalue weighted by molar-refractivity contribution is 0.174. The Morgan fingerprint density at radius 3 is 1.61 bits per heavy atom. The number of anilines is 6. The Morgan fingerprint density at radius 2 is 1.02 bits per heavy atom. The van der Waals surface area contributed by atoms with Gasteiger partial charge in [-0.15, -0.1) is 0 Å². The van der Waals surface area contributed by atoms with Crippen LogP contribution in [0.1, 0.15) is 146 Å². The van der Waals surface area contributed by atoms with Gasteiger partial charge in [0.25, 0.3) is 6.71 Å². The van der Waals surface area contributed by atoms with Crippen LogP contribution >= 0.6 is 0 Å². The molecule has 4 nitrogen and oxygen atoms in total. The van der Waals surface area contributed by atoms with Crippen LogP contribution in [0.4, 0.5) is 34.1 Å². The van der Waals surface area contributed by atoms with Crippen LogP contribution in [0.5, 0.6) is 11.5 Å². The second kappa shape index (κ2) is 12.2. The molecule has 3 heterocycles. The van der Waals surface area contributed by atoms with Crippen molar-refractivity contribution >= 4 is 57.2 Å². The molecule has 0 atom stereocenters. The molecule has 2 aliphatic carbocycles. The average Bonchev–Trinajstić information content (AvgIpc) is 3.62. The topological polar surface area (TPSA) is 24.9 Å². The Kier molecular flexibility index (Phi) is 8.00. The van der Waals surface area contributed by atoms with Gasteiger partial charge in [-0.2, -0.15) is 0 Å². The summed E-state index contributed by atoms with van der Waals surface area (Å²) in [5.41, 5.74) is 23.0. The lowest BCUT2D eigenvalue weighted by atomic mass is 9.33. The Hall–Kier alpha value is -4.64. The van der Waals surface area contributed by atoms with E-state index in [9.17, 15) is 0 Å². The number of nitrogens with zero attached hydrogens (tertiary/aromatic N) is 2. The Balaban J connectivity index is 1.33. The maximum Gasteiger partial charge on any atom is 0.252 e. The molecule has 0 bridgehead atoms. The fourth-order valence-electron chi connectivity index (χ4n) is 11.6. The first kappa shape index (κ1) is 38.6. The van der Waals surface area contributed by atoms with Gasteiger partial charge in [-0.25, -0.2) is 0 Å². The minimum absolute atomic E-state index is 0.00111. The third-order valence-electron chi connectivity index (χ3n) is 15.4. The summed E-state index contributed by atoms with van der Waals surface area (Å²) < 4.78 is 12.4. The molecule has 5 heteroatoms. The smallest absolute Gasteiger partial charge is 0.252 e. The molecule has 0 aromatic heterocycles. The molecule has 3 aliphatic heterocycles. The normalized spacial score (nSPS) is 19.7. The van der Waals surface area contributed by atoms with Crippen molar-refractivity contribution < 1.29 is 9.47 Å². The van der Waals surface area contributed by atoms with E-state index in [4.69, 9.17) is 9.47 Å². The molecule has 0 unspecified atom stereocenters. The largest absolute Gasteiger partial charge is 0.454 e. The van der Waals surface area contributed by atoms with E-state index < -0.39 is 0 Å². The molecule has 0 fully saturated rings. The summed E-state index contributed by atoms with van der Waals surface area (Å²) >= 11 is 0. The Bertz CT molecular complexity index is 2620. The van der Waals surface area contributed by atoms with E-state index in [-0.39, 0.29) is 40.6 Å². The Morgan fingerprint density at radius 1 is 0.525 bits per heavy atom. The van der Waals surface area contributed by atoms with Crippen LogP contribution in [0.2, 0.25) is 0 Å². The molecule has 10 rings (SSSR count). The van der Waals surface area contributed by atoms with E-state index >= 15 is 0 Å². The zero-order chi connectivity index (χ0) is 41.9. The van der Waals surface area contributed by atoms with Crippen molar-refractivity contribution in [1.82, 2.24) is 0 Å². The van der Waals surface area contributed by atoms with E-state index in [0.29, 0.717) is 0 Å². The van der Waals surface area contributed by atoms with Crippen LogP contribution < -0.4 is 35.7 Å². The van der Waals surface area contributed by atoms with E-state index in [1.54, 1.807) is 0 Å². The molecule has 5 aromatic rings. The van der Waals surface area contributed by atoms with Crippen molar-refractivity contribution in [2.45, 2.75) is 150 Å². The summed E-state index contributed by atoms with van der Waals surface area (Å²) in [5.74, 6) is 1.65. The molecule has 0 N–H and O–H groups in total. The first-order valence-corrected chi connectivity index (χ1v) is 22.2. The first-order chi connectivity index (χ1) is 27.6. The predicted molar refractivity (Wildman–Crippen MR) is 250 cm³/mol. The number of ether oxygens (including phenoxy) is 2. The third kappa shape index (κ3) is 5.61. The van der Waals surface area contributed by atoms with Crippen LogP contribution in [0.15, 0.2) is 66.7 Å². The van der Waals surface area contributed by atoms with Gasteiger partial charge in [-0.05, 0) is 171 Å². The van der Waals surface area contributed by atoms with Crippen LogP contribution in [0, 0.1) is 20.8 Å². The summed E-state index contributed by atoms with van der Waals surface area (Å²) in [6.07, 6.45) is 4.72. The second-order valence-corrected chi connectivity index (χ2v) is 22.5.